The zero-order valence-electron chi connectivity index (χ0n) is 8.99. The minimum atomic E-state index is -0.0510. The van der Waals surface area contributed by atoms with Gasteiger partial charge in [-0.3, -0.25) is 4.79 Å². The summed E-state index contributed by atoms with van der Waals surface area (Å²) in [7, 11) is 0. The van der Waals surface area contributed by atoms with E-state index in [0.717, 1.165) is 17.3 Å². The lowest BCUT2D eigenvalue weighted by molar-refractivity contribution is 0.0953. The number of H-pyrrole nitrogens is 1. The molecule has 0 aliphatic carbocycles. The van der Waals surface area contributed by atoms with Gasteiger partial charge in [-0.2, -0.15) is 0 Å². The Bertz CT molecular complexity index is 490. The summed E-state index contributed by atoms with van der Waals surface area (Å²) in [6, 6.07) is 7.59. The highest BCUT2D eigenvalue weighted by Gasteiger charge is 2.05. The minimum absolute atomic E-state index is 0.0510. The molecule has 1 amide bonds. The van der Waals surface area contributed by atoms with Crippen LogP contribution >= 0.6 is 0 Å². The molecule has 0 fully saturated rings. The van der Waals surface area contributed by atoms with E-state index in [0.29, 0.717) is 18.7 Å². The van der Waals surface area contributed by atoms with Crippen LogP contribution in [-0.4, -0.2) is 24.0 Å². The highest BCUT2D eigenvalue weighted by Crippen LogP contribution is 2.13. The van der Waals surface area contributed by atoms with Crippen molar-refractivity contribution in [3.05, 3.63) is 36.0 Å². The second kappa shape index (κ2) is 4.81. The molecule has 0 aliphatic rings. The molecule has 84 valence electrons. The number of aromatic nitrogens is 1. The molecule has 4 N–H and O–H groups in total. The third-order valence-corrected chi connectivity index (χ3v) is 2.48. The Morgan fingerprint density at radius 1 is 1.38 bits per heavy atom. The molecule has 2 rings (SSSR count). The van der Waals surface area contributed by atoms with Gasteiger partial charge in [-0.25, -0.2) is 0 Å². The molecule has 0 bridgehead atoms. The van der Waals surface area contributed by atoms with Crippen molar-refractivity contribution in [2.24, 2.45) is 5.73 Å². The maximum Gasteiger partial charge on any atom is 0.251 e. The number of amides is 1. The van der Waals surface area contributed by atoms with E-state index in [2.05, 4.69) is 10.3 Å². The summed E-state index contributed by atoms with van der Waals surface area (Å²) in [6.45, 7) is 1.22. The summed E-state index contributed by atoms with van der Waals surface area (Å²) in [4.78, 5) is 14.8. The number of carbonyl (C=O) groups is 1. The molecule has 0 saturated carbocycles. The number of hydrogen-bond acceptors (Lipinski definition) is 2. The second-order valence-electron chi connectivity index (χ2n) is 3.68. The summed E-state index contributed by atoms with van der Waals surface area (Å²) in [5.41, 5.74) is 7.01. The third-order valence-electron chi connectivity index (χ3n) is 2.48. The highest BCUT2D eigenvalue weighted by molar-refractivity contribution is 5.97. The molecule has 0 saturated heterocycles. The quantitative estimate of drug-likeness (QED) is 0.674. The van der Waals surface area contributed by atoms with Crippen LogP contribution in [0.2, 0.25) is 0 Å². The third kappa shape index (κ3) is 2.23. The van der Waals surface area contributed by atoms with Gasteiger partial charge in [0.15, 0.2) is 0 Å². The van der Waals surface area contributed by atoms with Gasteiger partial charge in [-0.15, -0.1) is 0 Å². The van der Waals surface area contributed by atoms with E-state index in [9.17, 15) is 4.79 Å². The van der Waals surface area contributed by atoms with Crippen LogP contribution in [0, 0.1) is 0 Å². The van der Waals surface area contributed by atoms with E-state index < -0.39 is 0 Å². The maximum absolute atomic E-state index is 11.7. The SMILES string of the molecule is NCCCNC(=O)c1ccc2cc[nH]c2c1. The average molecular weight is 217 g/mol. The van der Waals surface area contributed by atoms with Crippen molar-refractivity contribution in [1.29, 1.82) is 0 Å². The van der Waals surface area contributed by atoms with Crippen molar-refractivity contribution < 1.29 is 4.79 Å². The lowest BCUT2D eigenvalue weighted by Crippen LogP contribution is -2.25. The molecular weight excluding hydrogens is 202 g/mol. The number of rotatable bonds is 4. The molecule has 0 aliphatic heterocycles. The van der Waals surface area contributed by atoms with Crippen LogP contribution in [-0.2, 0) is 0 Å². The molecular formula is C12H15N3O. The molecule has 16 heavy (non-hydrogen) atoms. The standard InChI is InChI=1S/C12H15N3O/c13-5-1-6-15-12(16)10-3-2-9-4-7-14-11(9)8-10/h2-4,7-8,14H,1,5-6,13H2,(H,15,16). The van der Waals surface area contributed by atoms with Gasteiger partial charge >= 0.3 is 0 Å². The zero-order chi connectivity index (χ0) is 11.4. The minimum Gasteiger partial charge on any atom is -0.361 e. The van der Waals surface area contributed by atoms with Crippen LogP contribution in [0.25, 0.3) is 10.9 Å². The molecule has 1 aromatic heterocycles. The topological polar surface area (TPSA) is 70.9 Å². The molecule has 1 heterocycles. The summed E-state index contributed by atoms with van der Waals surface area (Å²) >= 11 is 0. The first kappa shape index (κ1) is 10.7. The van der Waals surface area contributed by atoms with Crippen LogP contribution in [0.4, 0.5) is 0 Å². The molecule has 0 atom stereocenters. The predicted molar refractivity (Wildman–Crippen MR) is 64.3 cm³/mol. The van der Waals surface area contributed by atoms with E-state index in [1.54, 1.807) is 0 Å². The van der Waals surface area contributed by atoms with Crippen LogP contribution in [0.5, 0.6) is 0 Å². The number of nitrogens with one attached hydrogen (secondary N) is 2. The van der Waals surface area contributed by atoms with Crippen molar-refractivity contribution in [2.75, 3.05) is 13.1 Å². The number of carbonyl (C=O) groups excluding carboxylic acids is 1. The lowest BCUT2D eigenvalue weighted by Gasteiger charge is -2.04. The average Bonchev–Trinajstić information content (AvgIpc) is 2.76. The number of nitrogens with two attached hydrogens (primary N) is 1. The highest BCUT2D eigenvalue weighted by atomic mass is 16.1. The van der Waals surface area contributed by atoms with Crippen LogP contribution < -0.4 is 11.1 Å². The predicted octanol–water partition coefficient (Wildman–Crippen LogP) is 1.25. The lowest BCUT2D eigenvalue weighted by atomic mass is 10.1. The van der Waals surface area contributed by atoms with Gasteiger partial charge in [-0.1, -0.05) is 6.07 Å². The number of aromatic amines is 1. The molecule has 2 aromatic rings. The van der Waals surface area contributed by atoms with Gasteiger partial charge in [0.1, 0.15) is 0 Å². The fraction of sp³-hybridized carbons (Fsp3) is 0.250. The first-order chi connectivity index (χ1) is 7.81. The first-order valence-corrected chi connectivity index (χ1v) is 5.36. The largest absolute Gasteiger partial charge is 0.361 e. The van der Waals surface area contributed by atoms with E-state index in [4.69, 9.17) is 5.73 Å². The van der Waals surface area contributed by atoms with E-state index in [-0.39, 0.29) is 5.91 Å². The van der Waals surface area contributed by atoms with Gasteiger partial charge in [-0.05, 0) is 36.6 Å². The van der Waals surface area contributed by atoms with Crippen molar-refractivity contribution in [1.82, 2.24) is 10.3 Å². The Kier molecular flexibility index (Phi) is 3.22. The summed E-state index contributed by atoms with van der Waals surface area (Å²) in [5.74, 6) is -0.0510. The smallest absolute Gasteiger partial charge is 0.251 e. The van der Waals surface area contributed by atoms with Crippen molar-refractivity contribution >= 4 is 16.8 Å². The molecule has 4 heteroatoms. The molecule has 0 unspecified atom stereocenters. The summed E-state index contributed by atoms with van der Waals surface area (Å²) < 4.78 is 0. The normalized spacial score (nSPS) is 10.6. The van der Waals surface area contributed by atoms with Gasteiger partial charge in [0, 0.05) is 23.8 Å². The summed E-state index contributed by atoms with van der Waals surface area (Å²) in [6.07, 6.45) is 2.66. The Hall–Kier alpha value is -1.81. The van der Waals surface area contributed by atoms with E-state index >= 15 is 0 Å². The van der Waals surface area contributed by atoms with E-state index in [1.807, 2.05) is 30.5 Å². The van der Waals surface area contributed by atoms with Crippen LogP contribution in [0.3, 0.4) is 0 Å². The molecule has 1 aromatic carbocycles. The van der Waals surface area contributed by atoms with Gasteiger partial charge in [0.2, 0.25) is 0 Å². The van der Waals surface area contributed by atoms with Crippen molar-refractivity contribution in [3.63, 3.8) is 0 Å². The van der Waals surface area contributed by atoms with Gasteiger partial charge in [0.25, 0.3) is 5.91 Å². The van der Waals surface area contributed by atoms with Crippen LogP contribution in [0.15, 0.2) is 30.5 Å². The monoisotopic (exact) mass is 217 g/mol. The Morgan fingerprint density at radius 3 is 3.06 bits per heavy atom. The fourth-order valence-electron chi connectivity index (χ4n) is 1.60. The van der Waals surface area contributed by atoms with Crippen LogP contribution in [0.1, 0.15) is 16.8 Å². The Balaban J connectivity index is 2.10. The van der Waals surface area contributed by atoms with Gasteiger partial charge in [0.05, 0.1) is 0 Å². The second-order valence-corrected chi connectivity index (χ2v) is 3.68. The Morgan fingerprint density at radius 2 is 2.25 bits per heavy atom. The number of benzene rings is 1. The zero-order valence-corrected chi connectivity index (χ0v) is 8.99. The molecule has 0 radical (unpaired) electrons. The van der Waals surface area contributed by atoms with E-state index in [1.165, 1.54) is 0 Å². The first-order valence-electron chi connectivity index (χ1n) is 5.36. The fourth-order valence-corrected chi connectivity index (χ4v) is 1.60. The van der Waals surface area contributed by atoms with Gasteiger partial charge < -0.3 is 16.0 Å². The number of fused-ring (bicyclic) bond motifs is 1. The molecule has 4 nitrogen and oxygen atoms in total. The maximum atomic E-state index is 11.7. The Labute approximate surface area is 93.8 Å². The van der Waals surface area contributed by atoms with Crippen molar-refractivity contribution in [3.8, 4) is 0 Å². The number of hydrogen-bond donors (Lipinski definition) is 3. The summed E-state index contributed by atoms with van der Waals surface area (Å²) in [5, 5.41) is 3.93. The van der Waals surface area contributed by atoms with Crippen molar-refractivity contribution in [2.45, 2.75) is 6.42 Å². The molecule has 0 spiro atoms.